The van der Waals surface area contributed by atoms with Crippen molar-refractivity contribution in [2.45, 2.75) is 19.8 Å². The Bertz CT molecular complexity index is 343. The maximum Gasteiger partial charge on any atom is 0.145 e. The summed E-state index contributed by atoms with van der Waals surface area (Å²) in [6.07, 6.45) is 1.90. The number of aromatic nitrogens is 2. The Kier molecular flexibility index (Phi) is 5.80. The van der Waals surface area contributed by atoms with Crippen molar-refractivity contribution in [2.24, 2.45) is 5.84 Å². The van der Waals surface area contributed by atoms with E-state index in [1.807, 2.05) is 20.0 Å². The Morgan fingerprint density at radius 1 is 1.22 bits per heavy atom. The molecule has 0 aliphatic rings. The highest BCUT2D eigenvalue weighted by molar-refractivity contribution is 5.48. The molecule has 0 aliphatic heterocycles. The first-order chi connectivity index (χ1) is 8.56. The molecule has 1 rings (SSSR count). The molecule has 0 amide bonds. The van der Waals surface area contributed by atoms with Crippen molar-refractivity contribution < 1.29 is 0 Å². The third-order valence-corrected chi connectivity index (χ3v) is 2.71. The summed E-state index contributed by atoms with van der Waals surface area (Å²) in [6, 6.07) is 1.87. The van der Waals surface area contributed by atoms with Crippen LogP contribution in [0.5, 0.6) is 0 Å². The molecule has 0 fully saturated rings. The highest BCUT2D eigenvalue weighted by Gasteiger charge is 2.07. The van der Waals surface area contributed by atoms with E-state index in [-0.39, 0.29) is 0 Å². The molecule has 0 saturated heterocycles. The molecule has 1 aromatic heterocycles. The van der Waals surface area contributed by atoms with E-state index >= 15 is 0 Å². The highest BCUT2D eigenvalue weighted by atomic mass is 15.3. The molecular formula is C12H24N6. The second kappa shape index (κ2) is 7.13. The van der Waals surface area contributed by atoms with Crippen LogP contribution in [-0.4, -0.2) is 49.1 Å². The molecule has 6 heteroatoms. The number of nitrogens with one attached hydrogen (secondary N) is 1. The van der Waals surface area contributed by atoms with E-state index in [9.17, 15) is 0 Å². The van der Waals surface area contributed by atoms with E-state index in [1.165, 1.54) is 0 Å². The first-order valence-electron chi connectivity index (χ1n) is 6.27. The van der Waals surface area contributed by atoms with Crippen molar-refractivity contribution in [3.63, 3.8) is 0 Å². The molecule has 0 radical (unpaired) electrons. The van der Waals surface area contributed by atoms with Gasteiger partial charge in [0.2, 0.25) is 0 Å². The van der Waals surface area contributed by atoms with Crippen LogP contribution >= 0.6 is 0 Å². The molecule has 0 aromatic carbocycles. The summed E-state index contributed by atoms with van der Waals surface area (Å²) >= 11 is 0. The van der Waals surface area contributed by atoms with Gasteiger partial charge in [-0.2, -0.15) is 0 Å². The number of hydrogen-bond donors (Lipinski definition) is 2. The quantitative estimate of drug-likeness (QED) is 0.550. The van der Waals surface area contributed by atoms with Gasteiger partial charge in [0.05, 0.1) is 0 Å². The maximum absolute atomic E-state index is 5.42. The summed E-state index contributed by atoms with van der Waals surface area (Å²) < 4.78 is 0. The molecule has 0 bridgehead atoms. The van der Waals surface area contributed by atoms with Crippen molar-refractivity contribution in [1.29, 1.82) is 0 Å². The summed E-state index contributed by atoms with van der Waals surface area (Å²) in [6.45, 7) is 4.06. The highest BCUT2D eigenvalue weighted by Crippen LogP contribution is 2.14. The second-order valence-electron chi connectivity index (χ2n) is 4.60. The van der Waals surface area contributed by atoms with Crippen LogP contribution in [0.15, 0.2) is 6.07 Å². The number of nitrogens with two attached hydrogens (primary N) is 1. The van der Waals surface area contributed by atoms with Gasteiger partial charge in [-0.05, 0) is 27.1 Å². The lowest BCUT2D eigenvalue weighted by Crippen LogP contribution is -2.25. The fraction of sp³-hybridized carbons (Fsp3) is 0.667. The number of aryl methyl sites for hydroxylation is 1. The minimum atomic E-state index is 0.663. The monoisotopic (exact) mass is 252 g/mol. The van der Waals surface area contributed by atoms with Crippen LogP contribution in [0.2, 0.25) is 0 Å². The third kappa shape index (κ3) is 4.46. The van der Waals surface area contributed by atoms with Crippen LogP contribution in [0.3, 0.4) is 0 Å². The van der Waals surface area contributed by atoms with E-state index in [4.69, 9.17) is 5.84 Å². The normalized spacial score (nSPS) is 10.8. The van der Waals surface area contributed by atoms with E-state index in [0.717, 1.165) is 37.6 Å². The standard InChI is InChI=1S/C12H24N6/c1-5-10-14-11(16-13)9-12(15-10)18(4)8-6-7-17(2)3/h9H,5-8,13H2,1-4H3,(H,14,15,16). The van der Waals surface area contributed by atoms with Gasteiger partial charge in [-0.1, -0.05) is 6.92 Å². The Hall–Kier alpha value is -1.40. The van der Waals surface area contributed by atoms with Crippen molar-refractivity contribution in [3.05, 3.63) is 11.9 Å². The van der Waals surface area contributed by atoms with E-state index < -0.39 is 0 Å². The Balaban J connectivity index is 2.68. The smallest absolute Gasteiger partial charge is 0.145 e. The Morgan fingerprint density at radius 2 is 1.94 bits per heavy atom. The topological polar surface area (TPSA) is 70.3 Å². The molecular weight excluding hydrogens is 228 g/mol. The number of rotatable bonds is 7. The fourth-order valence-electron chi connectivity index (χ4n) is 1.65. The summed E-state index contributed by atoms with van der Waals surface area (Å²) in [5, 5.41) is 0. The molecule has 0 atom stereocenters. The van der Waals surface area contributed by atoms with Crippen LogP contribution in [0, 0.1) is 0 Å². The molecule has 102 valence electrons. The van der Waals surface area contributed by atoms with Crippen LogP contribution < -0.4 is 16.2 Å². The predicted molar refractivity (Wildman–Crippen MR) is 75.7 cm³/mol. The van der Waals surface area contributed by atoms with Crippen molar-refractivity contribution in [3.8, 4) is 0 Å². The van der Waals surface area contributed by atoms with Gasteiger partial charge in [0, 0.05) is 26.1 Å². The van der Waals surface area contributed by atoms with Crippen LogP contribution in [0.1, 0.15) is 19.2 Å². The number of nitrogen functional groups attached to an aromatic ring is 1. The Labute approximate surface area is 109 Å². The van der Waals surface area contributed by atoms with Gasteiger partial charge in [0.15, 0.2) is 0 Å². The molecule has 3 N–H and O–H groups in total. The number of hydrazine groups is 1. The molecule has 6 nitrogen and oxygen atoms in total. The summed E-state index contributed by atoms with van der Waals surface area (Å²) in [7, 11) is 6.20. The molecule has 0 spiro atoms. The molecule has 18 heavy (non-hydrogen) atoms. The molecule has 0 saturated carbocycles. The lowest BCUT2D eigenvalue weighted by Gasteiger charge is -2.20. The lowest BCUT2D eigenvalue weighted by molar-refractivity contribution is 0.401. The largest absolute Gasteiger partial charge is 0.359 e. The number of anilines is 2. The van der Waals surface area contributed by atoms with E-state index in [1.54, 1.807) is 0 Å². The minimum absolute atomic E-state index is 0.663. The van der Waals surface area contributed by atoms with Crippen molar-refractivity contribution in [2.75, 3.05) is 44.6 Å². The lowest BCUT2D eigenvalue weighted by atomic mass is 10.3. The average Bonchev–Trinajstić information content (AvgIpc) is 2.37. The Morgan fingerprint density at radius 3 is 2.50 bits per heavy atom. The molecule has 0 unspecified atom stereocenters. The van der Waals surface area contributed by atoms with Crippen LogP contribution in [-0.2, 0) is 6.42 Å². The van der Waals surface area contributed by atoms with Crippen LogP contribution in [0.4, 0.5) is 11.6 Å². The first kappa shape index (κ1) is 14.7. The molecule has 1 heterocycles. The zero-order valence-electron chi connectivity index (χ0n) is 11.8. The maximum atomic E-state index is 5.42. The van der Waals surface area contributed by atoms with Gasteiger partial charge in [-0.15, -0.1) is 0 Å². The van der Waals surface area contributed by atoms with E-state index in [2.05, 4.69) is 39.3 Å². The average molecular weight is 252 g/mol. The van der Waals surface area contributed by atoms with Gasteiger partial charge in [0.25, 0.3) is 0 Å². The second-order valence-corrected chi connectivity index (χ2v) is 4.60. The fourth-order valence-corrected chi connectivity index (χ4v) is 1.65. The van der Waals surface area contributed by atoms with Crippen molar-refractivity contribution in [1.82, 2.24) is 14.9 Å². The van der Waals surface area contributed by atoms with Crippen molar-refractivity contribution >= 4 is 11.6 Å². The zero-order chi connectivity index (χ0) is 13.5. The van der Waals surface area contributed by atoms with Gasteiger partial charge in [0.1, 0.15) is 17.5 Å². The number of hydrogen-bond acceptors (Lipinski definition) is 6. The number of nitrogens with zero attached hydrogens (tertiary/aromatic N) is 4. The van der Waals surface area contributed by atoms with Gasteiger partial charge in [-0.25, -0.2) is 15.8 Å². The third-order valence-electron chi connectivity index (χ3n) is 2.71. The minimum Gasteiger partial charge on any atom is -0.359 e. The summed E-state index contributed by atoms with van der Waals surface area (Å²) in [5.41, 5.74) is 2.59. The SMILES string of the molecule is CCc1nc(NN)cc(N(C)CCCN(C)C)n1. The summed E-state index contributed by atoms with van der Waals surface area (Å²) in [4.78, 5) is 13.1. The summed E-state index contributed by atoms with van der Waals surface area (Å²) in [5.74, 6) is 7.80. The zero-order valence-corrected chi connectivity index (χ0v) is 11.8. The molecule has 0 aliphatic carbocycles. The van der Waals surface area contributed by atoms with Crippen LogP contribution in [0.25, 0.3) is 0 Å². The predicted octanol–water partition coefficient (Wildman–Crippen LogP) is 0.713. The first-order valence-corrected chi connectivity index (χ1v) is 6.27. The van der Waals surface area contributed by atoms with Gasteiger partial charge < -0.3 is 15.2 Å². The van der Waals surface area contributed by atoms with Gasteiger partial charge >= 0.3 is 0 Å². The van der Waals surface area contributed by atoms with Gasteiger partial charge in [-0.3, -0.25) is 0 Å². The molecule has 1 aromatic rings. The van der Waals surface area contributed by atoms with E-state index in [0.29, 0.717) is 5.82 Å².